The molecule has 2 rings (SSSR count). The maximum atomic E-state index is 13.0. The van der Waals surface area contributed by atoms with E-state index in [1.807, 2.05) is 0 Å². The van der Waals surface area contributed by atoms with Gasteiger partial charge in [-0.05, 0) is 18.8 Å². The van der Waals surface area contributed by atoms with E-state index in [-0.39, 0.29) is 26.1 Å². The average Bonchev–Trinajstić information content (AvgIpc) is 2.56. The number of hydrogen-bond donors (Lipinski definition) is 1. The summed E-state index contributed by atoms with van der Waals surface area (Å²) < 4.78 is 30.8. The van der Waals surface area contributed by atoms with E-state index in [4.69, 9.17) is 4.74 Å². The van der Waals surface area contributed by atoms with E-state index in [9.17, 15) is 18.3 Å². The number of hydrogen-bond acceptors (Lipinski definition) is 4. The Morgan fingerprint density at radius 1 is 1.22 bits per heavy atom. The van der Waals surface area contributed by atoms with E-state index in [1.165, 1.54) is 23.6 Å². The minimum absolute atomic E-state index is 0.0428. The summed E-state index contributed by atoms with van der Waals surface area (Å²) in [6.45, 7) is 3.47. The second-order valence-corrected chi connectivity index (χ2v) is 9.00. The number of aliphatic carboxylic acids is 1. The molecule has 2 aliphatic rings. The highest BCUT2D eigenvalue weighted by Crippen LogP contribution is 2.35. The van der Waals surface area contributed by atoms with Crippen LogP contribution in [0.2, 0.25) is 0 Å². The van der Waals surface area contributed by atoms with Crippen molar-refractivity contribution in [1.29, 1.82) is 0 Å². The highest BCUT2D eigenvalue weighted by Gasteiger charge is 2.54. The first-order valence-electron chi connectivity index (χ1n) is 8.75. The lowest BCUT2D eigenvalue weighted by Crippen LogP contribution is -2.57. The van der Waals surface area contributed by atoms with Gasteiger partial charge in [0.1, 0.15) is 0 Å². The molecule has 134 valence electrons. The molecule has 0 unspecified atom stereocenters. The van der Waals surface area contributed by atoms with E-state index < -0.39 is 20.7 Å². The summed E-state index contributed by atoms with van der Waals surface area (Å²) in [5.74, 6) is -0.658. The van der Waals surface area contributed by atoms with Crippen LogP contribution < -0.4 is 0 Å². The fourth-order valence-electron chi connectivity index (χ4n) is 3.65. The van der Waals surface area contributed by atoms with Crippen LogP contribution in [0.15, 0.2) is 0 Å². The molecule has 0 saturated carbocycles. The smallest absolute Gasteiger partial charge is 0.326 e. The molecular formula is C16H29NO5S. The van der Waals surface area contributed by atoms with Crippen molar-refractivity contribution in [2.45, 2.75) is 63.0 Å². The van der Waals surface area contributed by atoms with Gasteiger partial charge in [-0.2, -0.15) is 0 Å². The fraction of sp³-hybridized carbons (Fsp3) is 0.938. The number of carboxylic acid groups (broad SMARTS) is 1. The number of sulfonamides is 1. The lowest BCUT2D eigenvalue weighted by Gasteiger charge is -2.39. The van der Waals surface area contributed by atoms with Crippen molar-refractivity contribution < 1.29 is 23.1 Å². The van der Waals surface area contributed by atoms with Crippen LogP contribution in [0.5, 0.6) is 0 Å². The molecule has 2 heterocycles. The van der Waals surface area contributed by atoms with Crippen LogP contribution in [0.3, 0.4) is 0 Å². The number of unbranched alkanes of at least 4 members (excludes halogenated alkanes) is 2. The van der Waals surface area contributed by atoms with Crippen LogP contribution in [0, 0.1) is 5.92 Å². The molecule has 0 aromatic carbocycles. The predicted octanol–water partition coefficient (Wildman–Crippen LogP) is 2.24. The van der Waals surface area contributed by atoms with E-state index in [0.717, 1.165) is 19.3 Å². The zero-order valence-corrected chi connectivity index (χ0v) is 14.8. The first-order valence-corrected chi connectivity index (χ1v) is 10.2. The van der Waals surface area contributed by atoms with Crippen LogP contribution in [-0.2, 0) is 19.6 Å². The van der Waals surface area contributed by atoms with Gasteiger partial charge in [0.15, 0.2) is 4.75 Å². The molecule has 6 nitrogen and oxygen atoms in total. The summed E-state index contributed by atoms with van der Waals surface area (Å²) in [6, 6.07) is 0. The van der Waals surface area contributed by atoms with Gasteiger partial charge < -0.3 is 9.84 Å². The predicted molar refractivity (Wildman–Crippen MR) is 87.8 cm³/mol. The van der Waals surface area contributed by atoms with Gasteiger partial charge in [-0.15, -0.1) is 0 Å². The highest BCUT2D eigenvalue weighted by molar-refractivity contribution is 7.91. The van der Waals surface area contributed by atoms with Gasteiger partial charge in [0, 0.05) is 39.1 Å². The first kappa shape index (κ1) is 18.7. The largest absolute Gasteiger partial charge is 0.480 e. The topological polar surface area (TPSA) is 83.9 Å². The number of ether oxygens (including phenoxy) is 1. The summed E-state index contributed by atoms with van der Waals surface area (Å²) in [7, 11) is -3.84. The van der Waals surface area contributed by atoms with E-state index in [2.05, 4.69) is 6.92 Å². The molecule has 0 aromatic rings. The highest BCUT2D eigenvalue weighted by atomic mass is 32.2. The third kappa shape index (κ3) is 3.88. The maximum absolute atomic E-state index is 13.0. The standard InChI is InChI=1S/C16H29NO5S/c1-2-3-4-5-14-6-10-17(11-7-14)23(20,21)16(15(18)19)8-12-22-13-9-16/h14H,2-13H2,1H3,(H,18,19). The molecule has 2 saturated heterocycles. The summed E-state index contributed by atoms with van der Waals surface area (Å²) >= 11 is 0. The fourth-order valence-corrected chi connectivity index (χ4v) is 5.74. The Balaban J connectivity index is 2.01. The summed E-state index contributed by atoms with van der Waals surface area (Å²) in [5.41, 5.74) is 0. The van der Waals surface area contributed by atoms with Crippen LogP contribution >= 0.6 is 0 Å². The molecule has 0 aliphatic carbocycles. The van der Waals surface area contributed by atoms with Gasteiger partial charge in [0.05, 0.1) is 0 Å². The molecule has 0 radical (unpaired) electrons. The van der Waals surface area contributed by atoms with E-state index in [1.54, 1.807) is 0 Å². The lowest BCUT2D eigenvalue weighted by molar-refractivity contribution is -0.142. The number of carboxylic acids is 1. The Morgan fingerprint density at radius 2 is 1.83 bits per heavy atom. The number of nitrogens with zero attached hydrogens (tertiary/aromatic N) is 1. The third-order valence-electron chi connectivity index (χ3n) is 5.31. The molecule has 0 atom stereocenters. The summed E-state index contributed by atoms with van der Waals surface area (Å²) in [4.78, 5) is 11.7. The van der Waals surface area contributed by atoms with Crippen molar-refractivity contribution in [3.05, 3.63) is 0 Å². The zero-order valence-electron chi connectivity index (χ0n) is 14.0. The monoisotopic (exact) mass is 347 g/mol. The second-order valence-electron chi connectivity index (χ2n) is 6.76. The average molecular weight is 347 g/mol. The number of piperidine rings is 1. The van der Waals surface area contributed by atoms with Gasteiger partial charge in [-0.1, -0.05) is 32.6 Å². The minimum atomic E-state index is -3.84. The second kappa shape index (κ2) is 7.94. The van der Waals surface area contributed by atoms with Gasteiger partial charge in [-0.25, -0.2) is 12.7 Å². The van der Waals surface area contributed by atoms with Gasteiger partial charge in [0.2, 0.25) is 10.0 Å². The maximum Gasteiger partial charge on any atom is 0.326 e. The lowest BCUT2D eigenvalue weighted by atomic mass is 9.92. The molecule has 0 amide bonds. The Bertz CT molecular complexity index is 491. The molecule has 2 fully saturated rings. The third-order valence-corrected chi connectivity index (χ3v) is 7.93. The Morgan fingerprint density at radius 3 is 2.35 bits per heavy atom. The molecular weight excluding hydrogens is 318 g/mol. The number of carbonyl (C=O) groups is 1. The quantitative estimate of drug-likeness (QED) is 0.714. The van der Waals surface area contributed by atoms with Crippen molar-refractivity contribution >= 4 is 16.0 Å². The summed E-state index contributed by atoms with van der Waals surface area (Å²) in [5, 5.41) is 9.59. The molecule has 1 N–H and O–H groups in total. The molecule has 23 heavy (non-hydrogen) atoms. The molecule has 0 spiro atoms. The molecule has 2 aliphatic heterocycles. The first-order chi connectivity index (χ1) is 10.9. The normalized spacial score (nSPS) is 23.7. The zero-order chi connectivity index (χ0) is 16.9. The Kier molecular flexibility index (Phi) is 6.45. The Labute approximate surface area is 139 Å². The summed E-state index contributed by atoms with van der Waals surface area (Å²) in [6.07, 6.45) is 6.54. The van der Waals surface area contributed by atoms with E-state index >= 15 is 0 Å². The van der Waals surface area contributed by atoms with Crippen LogP contribution in [-0.4, -0.2) is 54.8 Å². The van der Waals surface area contributed by atoms with Crippen molar-refractivity contribution in [1.82, 2.24) is 4.31 Å². The van der Waals surface area contributed by atoms with Crippen LogP contribution in [0.4, 0.5) is 0 Å². The van der Waals surface area contributed by atoms with Crippen molar-refractivity contribution in [2.75, 3.05) is 26.3 Å². The Hall–Kier alpha value is -0.660. The van der Waals surface area contributed by atoms with Gasteiger partial charge in [0.25, 0.3) is 0 Å². The molecule has 7 heteroatoms. The van der Waals surface area contributed by atoms with Crippen molar-refractivity contribution in [3.63, 3.8) is 0 Å². The van der Waals surface area contributed by atoms with Crippen LogP contribution in [0.1, 0.15) is 58.3 Å². The van der Waals surface area contributed by atoms with Crippen molar-refractivity contribution in [3.8, 4) is 0 Å². The van der Waals surface area contributed by atoms with Gasteiger partial charge in [-0.3, -0.25) is 4.79 Å². The number of rotatable bonds is 7. The molecule has 0 aromatic heterocycles. The van der Waals surface area contributed by atoms with Crippen molar-refractivity contribution in [2.24, 2.45) is 5.92 Å². The molecule has 0 bridgehead atoms. The van der Waals surface area contributed by atoms with Crippen LogP contribution in [0.25, 0.3) is 0 Å². The van der Waals surface area contributed by atoms with E-state index in [0.29, 0.717) is 19.0 Å². The minimum Gasteiger partial charge on any atom is -0.480 e. The SMILES string of the molecule is CCCCCC1CCN(S(=O)(=O)C2(C(=O)O)CCOCC2)CC1. The van der Waals surface area contributed by atoms with Gasteiger partial charge >= 0.3 is 5.97 Å².